The molecule has 0 spiro atoms. The van der Waals surface area contributed by atoms with Gasteiger partial charge in [-0.05, 0) is 43.2 Å². The Morgan fingerprint density at radius 1 is 1.25 bits per heavy atom. The average Bonchev–Trinajstić information content (AvgIpc) is 3.30. The van der Waals surface area contributed by atoms with E-state index in [-0.39, 0.29) is 11.2 Å². The van der Waals surface area contributed by atoms with E-state index >= 15 is 0 Å². The van der Waals surface area contributed by atoms with Gasteiger partial charge in [-0.25, -0.2) is 0 Å². The molecule has 1 saturated carbocycles. The number of amidine groups is 1. The fourth-order valence-corrected chi connectivity index (χ4v) is 4.87. The summed E-state index contributed by atoms with van der Waals surface area (Å²) in [4.78, 5) is 18.6. The first-order valence-corrected chi connectivity index (χ1v) is 9.57. The molecule has 24 heavy (non-hydrogen) atoms. The van der Waals surface area contributed by atoms with Crippen LogP contribution in [0.15, 0.2) is 47.5 Å². The van der Waals surface area contributed by atoms with Crippen molar-refractivity contribution in [1.29, 1.82) is 0 Å². The molecule has 5 heteroatoms. The van der Waals surface area contributed by atoms with Gasteiger partial charge in [-0.3, -0.25) is 4.79 Å². The Balaban J connectivity index is 1.28. The van der Waals surface area contributed by atoms with Gasteiger partial charge in [0.15, 0.2) is 5.17 Å². The lowest BCUT2D eigenvalue weighted by Crippen LogP contribution is -2.35. The van der Waals surface area contributed by atoms with Crippen molar-refractivity contribution in [3.63, 3.8) is 0 Å². The maximum Gasteiger partial charge on any atom is 0.261 e. The second-order valence-electron chi connectivity index (χ2n) is 6.94. The molecule has 3 aliphatic rings. The normalized spacial score (nSPS) is 30.7. The molecule has 4 atom stereocenters. The van der Waals surface area contributed by atoms with Gasteiger partial charge in [-0.2, -0.15) is 4.99 Å². The molecule has 1 fully saturated rings. The summed E-state index contributed by atoms with van der Waals surface area (Å²) in [5.74, 6) is 1.37. The number of rotatable bonds is 5. The molecular weight excluding hydrogens is 318 g/mol. The van der Waals surface area contributed by atoms with Crippen LogP contribution >= 0.6 is 11.8 Å². The van der Waals surface area contributed by atoms with Crippen molar-refractivity contribution in [1.82, 2.24) is 5.32 Å². The zero-order valence-electron chi connectivity index (χ0n) is 13.9. The van der Waals surface area contributed by atoms with Gasteiger partial charge < -0.3 is 10.2 Å². The summed E-state index contributed by atoms with van der Waals surface area (Å²) in [6, 6.07) is 10.7. The van der Waals surface area contributed by atoms with Crippen LogP contribution in [0.2, 0.25) is 0 Å². The maximum atomic E-state index is 12.2. The number of thioether (sulfide) groups is 1. The Hall–Kier alpha value is -1.75. The smallest absolute Gasteiger partial charge is 0.261 e. The van der Waals surface area contributed by atoms with E-state index in [0.717, 1.165) is 24.1 Å². The van der Waals surface area contributed by atoms with Gasteiger partial charge >= 0.3 is 0 Å². The van der Waals surface area contributed by atoms with Crippen molar-refractivity contribution in [3.05, 3.63) is 42.5 Å². The summed E-state index contributed by atoms with van der Waals surface area (Å²) in [5.41, 5.74) is 1.18. The first-order chi connectivity index (χ1) is 11.7. The van der Waals surface area contributed by atoms with Crippen molar-refractivity contribution < 1.29 is 4.79 Å². The Labute approximate surface area is 147 Å². The largest absolute Gasteiger partial charge is 0.375 e. The quantitative estimate of drug-likeness (QED) is 0.836. The van der Waals surface area contributed by atoms with E-state index in [1.165, 1.54) is 18.5 Å². The highest BCUT2D eigenvalue weighted by molar-refractivity contribution is 8.15. The van der Waals surface area contributed by atoms with Crippen LogP contribution in [-0.4, -0.2) is 36.0 Å². The van der Waals surface area contributed by atoms with Gasteiger partial charge in [0.05, 0.1) is 5.25 Å². The number of carbonyl (C=O) groups is 1. The zero-order chi connectivity index (χ0) is 16.5. The minimum absolute atomic E-state index is 0.0164. The number of fused-ring (bicyclic) bond motifs is 2. The Bertz CT molecular complexity index is 672. The molecule has 0 radical (unpaired) electrons. The highest BCUT2D eigenvalue weighted by atomic mass is 32.2. The Morgan fingerprint density at radius 3 is 2.79 bits per heavy atom. The number of anilines is 1. The van der Waals surface area contributed by atoms with Crippen molar-refractivity contribution in [2.45, 2.75) is 30.6 Å². The standard InChI is InChI=1S/C19H23N3OS/c1-22(15-5-3-2-4-6-15)10-9-17-18(23)21-19(24-17)20-16-12-13-7-8-14(16)11-13/h2-8,13-14,16-17H,9-12H2,1H3,(H,20,21,23). The van der Waals surface area contributed by atoms with Crippen molar-refractivity contribution in [2.24, 2.45) is 16.8 Å². The topological polar surface area (TPSA) is 44.7 Å². The average molecular weight is 341 g/mol. The van der Waals surface area contributed by atoms with E-state index in [1.807, 2.05) is 18.2 Å². The first kappa shape index (κ1) is 15.8. The second kappa shape index (κ2) is 6.63. The van der Waals surface area contributed by atoms with Gasteiger partial charge in [-0.1, -0.05) is 42.1 Å². The number of aliphatic imine (C=N–C) groups is 1. The molecule has 2 bridgehead atoms. The fraction of sp³-hybridized carbons (Fsp3) is 0.474. The third-order valence-electron chi connectivity index (χ3n) is 5.25. The molecule has 1 amide bonds. The molecule has 2 aliphatic carbocycles. The molecule has 1 heterocycles. The lowest BCUT2D eigenvalue weighted by molar-refractivity contribution is -0.117. The fourth-order valence-electron chi connectivity index (χ4n) is 3.86. The minimum Gasteiger partial charge on any atom is -0.375 e. The summed E-state index contributed by atoms with van der Waals surface area (Å²) < 4.78 is 0. The molecule has 4 nitrogen and oxygen atoms in total. The van der Waals surface area contributed by atoms with Crippen molar-refractivity contribution in [3.8, 4) is 0 Å². The summed E-state index contributed by atoms with van der Waals surface area (Å²) in [6.45, 7) is 0.854. The first-order valence-electron chi connectivity index (χ1n) is 8.69. The predicted octanol–water partition coefficient (Wildman–Crippen LogP) is 3.07. The van der Waals surface area contributed by atoms with Crippen LogP contribution in [-0.2, 0) is 4.79 Å². The van der Waals surface area contributed by atoms with Crippen LogP contribution in [0.3, 0.4) is 0 Å². The van der Waals surface area contributed by atoms with Gasteiger partial charge in [0.2, 0.25) is 0 Å². The van der Waals surface area contributed by atoms with E-state index in [1.54, 1.807) is 11.8 Å². The Morgan fingerprint density at radius 2 is 2.08 bits per heavy atom. The van der Waals surface area contributed by atoms with E-state index < -0.39 is 0 Å². The SMILES string of the molecule is CN(CCC1SC(NC2CC3C=CC2C3)=NC1=O)c1ccccc1. The molecule has 0 saturated heterocycles. The molecule has 4 rings (SSSR count). The molecular formula is C19H23N3OS. The summed E-state index contributed by atoms with van der Waals surface area (Å²) in [7, 11) is 2.07. The number of para-hydroxylation sites is 1. The van der Waals surface area contributed by atoms with Crippen molar-refractivity contribution >= 4 is 28.5 Å². The van der Waals surface area contributed by atoms with Crippen molar-refractivity contribution in [2.75, 3.05) is 18.5 Å². The molecule has 1 N–H and O–H groups in total. The van der Waals surface area contributed by atoms with Crippen LogP contribution in [0.1, 0.15) is 19.3 Å². The number of nitrogens with zero attached hydrogens (tertiary/aromatic N) is 2. The maximum absolute atomic E-state index is 12.2. The molecule has 4 unspecified atom stereocenters. The third kappa shape index (κ3) is 3.22. The van der Waals surface area contributed by atoms with Crippen LogP contribution < -0.4 is 10.2 Å². The van der Waals surface area contributed by atoms with Crippen LogP contribution in [0, 0.1) is 11.8 Å². The van der Waals surface area contributed by atoms with Gasteiger partial charge in [-0.15, -0.1) is 0 Å². The zero-order valence-corrected chi connectivity index (χ0v) is 14.7. The number of nitrogens with one attached hydrogen (secondary N) is 1. The van der Waals surface area contributed by atoms with E-state index in [9.17, 15) is 4.79 Å². The van der Waals surface area contributed by atoms with E-state index in [2.05, 4.69) is 46.5 Å². The molecule has 126 valence electrons. The highest BCUT2D eigenvalue weighted by Crippen LogP contribution is 2.39. The van der Waals surface area contributed by atoms with Crippen LogP contribution in [0.25, 0.3) is 0 Å². The monoisotopic (exact) mass is 341 g/mol. The molecule has 1 aliphatic heterocycles. The molecule has 1 aromatic rings. The number of amides is 1. The number of benzene rings is 1. The van der Waals surface area contributed by atoms with Gasteiger partial charge in [0.25, 0.3) is 5.91 Å². The predicted molar refractivity (Wildman–Crippen MR) is 100 cm³/mol. The number of carbonyl (C=O) groups excluding carboxylic acids is 1. The number of hydrogen-bond acceptors (Lipinski definition) is 4. The van der Waals surface area contributed by atoms with Gasteiger partial charge in [0, 0.05) is 25.3 Å². The van der Waals surface area contributed by atoms with E-state index in [4.69, 9.17) is 0 Å². The minimum atomic E-state index is -0.0483. The third-order valence-corrected chi connectivity index (χ3v) is 6.41. The highest BCUT2D eigenvalue weighted by Gasteiger charge is 2.38. The van der Waals surface area contributed by atoms with Crippen LogP contribution in [0.4, 0.5) is 5.69 Å². The lowest BCUT2D eigenvalue weighted by atomic mass is 10.0. The summed E-state index contributed by atoms with van der Waals surface area (Å²) in [6.07, 6.45) is 7.91. The van der Waals surface area contributed by atoms with Crippen LogP contribution in [0.5, 0.6) is 0 Å². The van der Waals surface area contributed by atoms with Gasteiger partial charge in [0.1, 0.15) is 0 Å². The number of hydrogen-bond donors (Lipinski definition) is 1. The second-order valence-corrected chi connectivity index (χ2v) is 8.13. The summed E-state index contributed by atoms with van der Waals surface area (Å²) >= 11 is 1.61. The molecule has 0 aromatic heterocycles. The number of allylic oxidation sites excluding steroid dienone is 1. The summed E-state index contributed by atoms with van der Waals surface area (Å²) in [5, 5.41) is 4.30. The molecule has 1 aromatic carbocycles. The van der Waals surface area contributed by atoms with E-state index in [0.29, 0.717) is 12.0 Å². The lowest BCUT2D eigenvalue weighted by Gasteiger charge is -2.21. The Kier molecular flexibility index (Phi) is 4.35.